The summed E-state index contributed by atoms with van der Waals surface area (Å²) < 4.78 is 4.82. The van der Waals surface area contributed by atoms with Gasteiger partial charge in [0, 0.05) is 6.04 Å². The average Bonchev–Trinajstić information content (AvgIpc) is 2.36. The molecule has 1 aromatic heterocycles. The molecule has 0 aliphatic heterocycles. The molecule has 0 spiro atoms. The molecule has 0 amide bonds. The minimum atomic E-state index is -0.748. The van der Waals surface area contributed by atoms with Gasteiger partial charge in [0.25, 0.3) is 0 Å². The second-order valence-electron chi connectivity index (χ2n) is 2.21. The molecule has 0 saturated heterocycles. The maximum atomic E-state index is 9.23. The van der Waals surface area contributed by atoms with E-state index in [-0.39, 0.29) is 6.04 Å². The Morgan fingerprint density at radius 1 is 1.80 bits per heavy atom. The van der Waals surface area contributed by atoms with Crippen LogP contribution in [0.5, 0.6) is 0 Å². The molecule has 0 bridgehead atoms. The van der Waals surface area contributed by atoms with Crippen LogP contribution in [0.25, 0.3) is 0 Å². The zero-order valence-electron chi connectivity index (χ0n) is 5.69. The Balaban J connectivity index is 2.68. The minimum absolute atomic E-state index is 0.326. The Morgan fingerprint density at radius 3 is 2.90 bits per heavy atom. The molecule has 10 heavy (non-hydrogen) atoms. The first-order valence-electron chi connectivity index (χ1n) is 3.04. The Morgan fingerprint density at radius 2 is 2.50 bits per heavy atom. The number of aliphatic hydroxyl groups excluding tert-OH is 1. The van der Waals surface area contributed by atoms with Gasteiger partial charge in [-0.05, 0) is 6.92 Å². The second-order valence-corrected chi connectivity index (χ2v) is 2.21. The van der Waals surface area contributed by atoms with E-state index in [1.165, 1.54) is 12.6 Å². The first-order valence-corrected chi connectivity index (χ1v) is 3.04. The van der Waals surface area contributed by atoms with Crippen molar-refractivity contribution in [2.45, 2.75) is 19.1 Å². The van der Waals surface area contributed by atoms with E-state index in [9.17, 15) is 5.11 Å². The zero-order chi connectivity index (χ0) is 7.56. The monoisotopic (exact) mass is 142 g/mol. The SMILES string of the molecule is CC(N)C(O)c1cnco1. The van der Waals surface area contributed by atoms with Gasteiger partial charge >= 0.3 is 0 Å². The molecule has 4 nitrogen and oxygen atoms in total. The van der Waals surface area contributed by atoms with Gasteiger partial charge < -0.3 is 15.3 Å². The summed E-state index contributed by atoms with van der Waals surface area (Å²) in [5, 5.41) is 9.23. The van der Waals surface area contributed by atoms with Crippen LogP contribution in [0.1, 0.15) is 18.8 Å². The number of nitrogens with zero attached hydrogens (tertiary/aromatic N) is 1. The Bertz CT molecular complexity index is 184. The number of oxazole rings is 1. The van der Waals surface area contributed by atoms with Gasteiger partial charge in [-0.15, -0.1) is 0 Å². The summed E-state index contributed by atoms with van der Waals surface area (Å²) in [6.07, 6.45) is 1.97. The highest BCUT2D eigenvalue weighted by molar-refractivity contribution is 4.96. The number of hydrogen-bond acceptors (Lipinski definition) is 4. The van der Waals surface area contributed by atoms with E-state index in [1.807, 2.05) is 0 Å². The molecule has 0 saturated carbocycles. The molecule has 56 valence electrons. The van der Waals surface area contributed by atoms with E-state index in [2.05, 4.69) is 4.98 Å². The van der Waals surface area contributed by atoms with E-state index < -0.39 is 6.10 Å². The van der Waals surface area contributed by atoms with E-state index in [0.717, 1.165) is 0 Å². The first-order chi connectivity index (χ1) is 4.72. The Kier molecular flexibility index (Phi) is 2.03. The summed E-state index contributed by atoms with van der Waals surface area (Å²) in [6.45, 7) is 1.70. The van der Waals surface area contributed by atoms with Gasteiger partial charge in [-0.3, -0.25) is 0 Å². The number of rotatable bonds is 2. The molecule has 0 aliphatic rings. The fourth-order valence-corrected chi connectivity index (χ4v) is 0.631. The fraction of sp³-hybridized carbons (Fsp3) is 0.500. The fourth-order valence-electron chi connectivity index (χ4n) is 0.631. The standard InChI is InChI=1S/C6H10N2O2/c1-4(7)6(9)5-2-8-3-10-5/h2-4,6,9H,7H2,1H3. The minimum Gasteiger partial charge on any atom is -0.446 e. The third-order valence-electron chi connectivity index (χ3n) is 1.24. The van der Waals surface area contributed by atoms with E-state index in [4.69, 9.17) is 10.2 Å². The lowest BCUT2D eigenvalue weighted by Crippen LogP contribution is -2.23. The number of hydrogen-bond donors (Lipinski definition) is 2. The third-order valence-corrected chi connectivity index (χ3v) is 1.24. The second kappa shape index (κ2) is 2.81. The molecular formula is C6H10N2O2. The van der Waals surface area contributed by atoms with Gasteiger partial charge in [-0.1, -0.05) is 0 Å². The van der Waals surface area contributed by atoms with E-state index in [0.29, 0.717) is 5.76 Å². The molecule has 2 atom stereocenters. The number of nitrogens with two attached hydrogens (primary N) is 1. The molecule has 3 N–H and O–H groups in total. The predicted octanol–water partition coefficient (Wildman–Crippen LogP) is 0.0552. The van der Waals surface area contributed by atoms with Crippen LogP contribution < -0.4 is 5.73 Å². The first kappa shape index (κ1) is 7.24. The van der Waals surface area contributed by atoms with Crippen LogP contribution >= 0.6 is 0 Å². The van der Waals surface area contributed by atoms with Crippen molar-refractivity contribution in [2.24, 2.45) is 5.73 Å². The van der Waals surface area contributed by atoms with Crippen molar-refractivity contribution in [1.29, 1.82) is 0 Å². The third kappa shape index (κ3) is 1.34. The molecule has 0 fully saturated rings. The summed E-state index contributed by atoms with van der Waals surface area (Å²) in [4.78, 5) is 3.64. The molecule has 1 rings (SSSR count). The van der Waals surface area contributed by atoms with Crippen LogP contribution in [-0.4, -0.2) is 16.1 Å². The maximum Gasteiger partial charge on any atom is 0.180 e. The highest BCUT2D eigenvalue weighted by atomic mass is 16.4. The van der Waals surface area contributed by atoms with Crippen molar-refractivity contribution in [3.63, 3.8) is 0 Å². The smallest absolute Gasteiger partial charge is 0.180 e. The van der Waals surface area contributed by atoms with Gasteiger partial charge in [0.2, 0.25) is 0 Å². The highest BCUT2D eigenvalue weighted by Gasteiger charge is 2.14. The van der Waals surface area contributed by atoms with Crippen LogP contribution in [0.3, 0.4) is 0 Å². The molecule has 0 aliphatic carbocycles. The molecule has 2 unspecified atom stereocenters. The largest absolute Gasteiger partial charge is 0.446 e. The highest BCUT2D eigenvalue weighted by Crippen LogP contribution is 2.13. The Hall–Kier alpha value is -0.870. The Labute approximate surface area is 58.7 Å². The molecule has 1 heterocycles. The molecule has 0 aromatic carbocycles. The summed E-state index contributed by atoms with van der Waals surface area (Å²) in [7, 11) is 0. The van der Waals surface area contributed by atoms with Crippen LogP contribution in [0.4, 0.5) is 0 Å². The molecule has 0 radical (unpaired) electrons. The van der Waals surface area contributed by atoms with Crippen LogP contribution in [-0.2, 0) is 0 Å². The van der Waals surface area contributed by atoms with E-state index in [1.54, 1.807) is 6.92 Å². The van der Waals surface area contributed by atoms with Gasteiger partial charge in [-0.2, -0.15) is 0 Å². The maximum absolute atomic E-state index is 9.23. The van der Waals surface area contributed by atoms with Crippen molar-refractivity contribution in [3.8, 4) is 0 Å². The number of aliphatic hydroxyl groups is 1. The van der Waals surface area contributed by atoms with Crippen molar-refractivity contribution in [1.82, 2.24) is 4.98 Å². The van der Waals surface area contributed by atoms with Crippen LogP contribution in [0.15, 0.2) is 17.0 Å². The van der Waals surface area contributed by atoms with Crippen molar-refractivity contribution >= 4 is 0 Å². The van der Waals surface area contributed by atoms with Crippen molar-refractivity contribution in [3.05, 3.63) is 18.4 Å². The zero-order valence-corrected chi connectivity index (χ0v) is 5.69. The van der Waals surface area contributed by atoms with Crippen LogP contribution in [0, 0.1) is 0 Å². The van der Waals surface area contributed by atoms with Gasteiger partial charge in [0.1, 0.15) is 6.10 Å². The topological polar surface area (TPSA) is 72.3 Å². The van der Waals surface area contributed by atoms with Gasteiger partial charge in [0.15, 0.2) is 12.2 Å². The average molecular weight is 142 g/mol. The quantitative estimate of drug-likeness (QED) is 0.612. The summed E-state index contributed by atoms with van der Waals surface area (Å²) in [6, 6.07) is -0.326. The summed E-state index contributed by atoms with van der Waals surface area (Å²) in [5.74, 6) is 0.412. The van der Waals surface area contributed by atoms with Crippen molar-refractivity contribution in [2.75, 3.05) is 0 Å². The van der Waals surface area contributed by atoms with Crippen LogP contribution in [0.2, 0.25) is 0 Å². The normalized spacial score (nSPS) is 16.7. The predicted molar refractivity (Wildman–Crippen MR) is 35.1 cm³/mol. The lowest BCUT2D eigenvalue weighted by Gasteiger charge is -2.09. The number of aromatic nitrogens is 1. The molecule has 1 aromatic rings. The summed E-state index contributed by atoms with van der Waals surface area (Å²) in [5.41, 5.74) is 5.39. The van der Waals surface area contributed by atoms with Crippen molar-refractivity contribution < 1.29 is 9.52 Å². The lowest BCUT2D eigenvalue weighted by molar-refractivity contribution is 0.127. The molecule has 4 heteroatoms. The van der Waals surface area contributed by atoms with Gasteiger partial charge in [-0.25, -0.2) is 4.98 Å². The molecular weight excluding hydrogens is 132 g/mol. The lowest BCUT2D eigenvalue weighted by atomic mass is 10.2. The summed E-state index contributed by atoms with van der Waals surface area (Å²) >= 11 is 0. The van der Waals surface area contributed by atoms with E-state index >= 15 is 0 Å². The van der Waals surface area contributed by atoms with Gasteiger partial charge in [0.05, 0.1) is 6.20 Å².